The van der Waals surface area contributed by atoms with Gasteiger partial charge in [-0.2, -0.15) is 10.5 Å². The summed E-state index contributed by atoms with van der Waals surface area (Å²) in [5.74, 6) is 2.54. The van der Waals surface area contributed by atoms with E-state index >= 15 is 0 Å². The summed E-state index contributed by atoms with van der Waals surface area (Å²) >= 11 is 0. The number of rotatable bonds is 6. The van der Waals surface area contributed by atoms with Gasteiger partial charge in [0.15, 0.2) is 11.3 Å². The number of nitriles is 2. The zero-order valence-corrected chi connectivity index (χ0v) is 28.1. The molecule has 0 bridgehead atoms. The lowest BCUT2D eigenvalue weighted by molar-refractivity contribution is 0.682. The highest BCUT2D eigenvalue weighted by molar-refractivity contribution is 6.05. The number of H-pyrrole nitrogens is 4. The molecule has 8 heterocycles. The third-order valence-electron chi connectivity index (χ3n) is 10.4. The van der Waals surface area contributed by atoms with Crippen LogP contribution in [0.2, 0.25) is 0 Å². The first-order valence-corrected chi connectivity index (χ1v) is 17.5. The Bertz CT molecular complexity index is 2410. The molecule has 52 heavy (non-hydrogen) atoms. The quantitative estimate of drug-likeness (QED) is 0.106. The Balaban J connectivity index is 0.000000138. The number of pyridine rings is 4. The van der Waals surface area contributed by atoms with Crippen LogP contribution in [0.4, 0.5) is 11.6 Å². The Morgan fingerprint density at radius 3 is 1.44 bits per heavy atom. The van der Waals surface area contributed by atoms with Crippen LogP contribution < -0.4 is 10.6 Å². The Morgan fingerprint density at radius 1 is 0.538 bits per heavy atom. The summed E-state index contributed by atoms with van der Waals surface area (Å²) in [6, 6.07) is 16.3. The first-order chi connectivity index (χ1) is 25.6. The molecule has 2 saturated carbocycles. The van der Waals surface area contributed by atoms with Crippen molar-refractivity contribution in [3.05, 3.63) is 96.1 Å². The van der Waals surface area contributed by atoms with Crippen molar-refractivity contribution in [2.45, 2.75) is 62.4 Å². The molecular weight excluding hydrogens is 653 g/mol. The van der Waals surface area contributed by atoms with Gasteiger partial charge in [-0.3, -0.25) is 10.2 Å². The molecule has 6 N–H and O–H groups in total. The van der Waals surface area contributed by atoms with E-state index in [1.54, 1.807) is 24.5 Å². The van der Waals surface area contributed by atoms with Gasteiger partial charge in [0, 0.05) is 81.6 Å². The van der Waals surface area contributed by atoms with Gasteiger partial charge in [-0.15, -0.1) is 0 Å². The second-order valence-electron chi connectivity index (χ2n) is 13.6. The molecule has 2 fully saturated rings. The van der Waals surface area contributed by atoms with Crippen LogP contribution in [0, 0.1) is 22.7 Å². The maximum absolute atomic E-state index is 8.87. The van der Waals surface area contributed by atoms with Gasteiger partial charge < -0.3 is 20.8 Å². The number of anilines is 2. The average molecular weight is 687 g/mol. The molecule has 8 aromatic heterocycles. The van der Waals surface area contributed by atoms with E-state index in [2.05, 4.69) is 73.1 Å². The minimum atomic E-state index is 0.369. The monoisotopic (exact) mass is 686 g/mol. The first-order valence-electron chi connectivity index (χ1n) is 17.5. The van der Waals surface area contributed by atoms with Crippen molar-refractivity contribution >= 4 is 55.5 Å². The van der Waals surface area contributed by atoms with Gasteiger partial charge in [-0.05, 0) is 74.9 Å². The summed E-state index contributed by atoms with van der Waals surface area (Å²) in [6.45, 7) is 0. The Morgan fingerprint density at radius 2 is 1.02 bits per heavy atom. The minimum Gasteiger partial charge on any atom is -0.367 e. The van der Waals surface area contributed by atoms with E-state index in [-0.39, 0.29) is 0 Å². The van der Waals surface area contributed by atoms with Crippen molar-refractivity contribution in [1.82, 2.24) is 50.3 Å². The van der Waals surface area contributed by atoms with Crippen molar-refractivity contribution in [2.24, 2.45) is 0 Å². The van der Waals surface area contributed by atoms with Crippen molar-refractivity contribution < 1.29 is 0 Å². The molecule has 0 radical (unpaired) electrons. The highest BCUT2D eigenvalue weighted by Crippen LogP contribution is 2.40. The van der Waals surface area contributed by atoms with Crippen molar-refractivity contribution in [3.63, 3.8) is 0 Å². The zero-order valence-electron chi connectivity index (χ0n) is 28.1. The Hall–Kier alpha value is -6.80. The van der Waals surface area contributed by atoms with Crippen molar-refractivity contribution in [2.75, 3.05) is 10.6 Å². The predicted octanol–water partition coefficient (Wildman–Crippen LogP) is 6.91. The van der Waals surface area contributed by atoms with Crippen LogP contribution in [0.15, 0.2) is 73.6 Å². The van der Waals surface area contributed by atoms with Gasteiger partial charge in [0.05, 0.1) is 34.6 Å². The maximum Gasteiger partial charge on any atom is 0.159 e. The number of aromatic amines is 4. The highest BCUT2D eigenvalue weighted by atomic mass is 15.1. The molecule has 4 atom stereocenters. The van der Waals surface area contributed by atoms with E-state index in [0.29, 0.717) is 35.0 Å². The topological polar surface area (TPSA) is 212 Å². The lowest BCUT2D eigenvalue weighted by atomic mass is 9.99. The largest absolute Gasteiger partial charge is 0.367 e. The number of hydrogen-bond acceptors (Lipinski definition) is 10. The standard InChI is InChI=1S/2C19H17N7/c2*20-8-11-1-4-16(22-9-11)24-13-3-2-12(7-13)18-17-14-5-6-21-19(14)23-10-15(17)25-26-18/h2*1,4-6,9-10,12-13,25-26H,2-3,7H2,(H,22,24)/t12-,13+;12-,13-/m10/s1. The van der Waals surface area contributed by atoms with Crippen LogP contribution in [0.3, 0.4) is 0 Å². The van der Waals surface area contributed by atoms with Gasteiger partial charge in [-0.1, -0.05) is 0 Å². The number of aromatic nitrogens is 10. The molecule has 256 valence electrons. The second-order valence-corrected chi connectivity index (χ2v) is 13.6. The number of nitrogens with one attached hydrogen (secondary N) is 6. The molecule has 0 aliphatic heterocycles. The van der Waals surface area contributed by atoms with E-state index in [9.17, 15) is 0 Å². The molecule has 10 rings (SSSR count). The SMILES string of the molecule is N#Cc1ccc(N[C@H]2CC[C@@H](c3[nH][nH]c4cnc5nccc5c34)C2)nc1.N#Cc1ccc(N[C@H]2CC[C@H](c3[nH][nH]c4cnc5nccc5c34)C2)nc1. The molecule has 0 unspecified atom stereocenters. The Labute approximate surface area is 297 Å². The molecule has 14 nitrogen and oxygen atoms in total. The van der Waals surface area contributed by atoms with Crippen LogP contribution in [-0.2, 0) is 0 Å². The molecule has 14 heteroatoms. The average Bonchev–Trinajstić information content (AvgIpc) is 4.03. The number of nitrogens with zero attached hydrogens (tertiary/aromatic N) is 8. The van der Waals surface area contributed by atoms with Gasteiger partial charge in [0.2, 0.25) is 0 Å². The van der Waals surface area contributed by atoms with Gasteiger partial charge in [-0.25, -0.2) is 29.9 Å². The molecule has 8 aromatic rings. The molecule has 0 aromatic carbocycles. The van der Waals surface area contributed by atoms with Gasteiger partial charge in [0.25, 0.3) is 0 Å². The van der Waals surface area contributed by atoms with E-state index < -0.39 is 0 Å². The van der Waals surface area contributed by atoms with E-state index in [4.69, 9.17) is 10.5 Å². The summed E-state index contributed by atoms with van der Waals surface area (Å²) < 4.78 is 0. The summed E-state index contributed by atoms with van der Waals surface area (Å²) in [5, 5.41) is 42.6. The fourth-order valence-electron chi connectivity index (χ4n) is 7.95. The third-order valence-corrected chi connectivity index (χ3v) is 10.4. The summed E-state index contributed by atoms with van der Waals surface area (Å²) in [6.07, 6.45) is 17.0. The molecular formula is C38H34N14. The molecule has 0 amide bonds. The van der Waals surface area contributed by atoms with E-state index in [0.717, 1.165) is 83.3 Å². The fraction of sp³-hybridized carbons (Fsp3) is 0.263. The third kappa shape index (κ3) is 5.80. The first kappa shape index (κ1) is 31.2. The Kier molecular flexibility index (Phi) is 7.89. The van der Waals surface area contributed by atoms with Crippen LogP contribution in [0.5, 0.6) is 0 Å². The van der Waals surface area contributed by atoms with Crippen LogP contribution in [0.25, 0.3) is 43.9 Å². The maximum atomic E-state index is 8.87. The minimum absolute atomic E-state index is 0.369. The van der Waals surface area contributed by atoms with Crippen molar-refractivity contribution in [1.29, 1.82) is 10.5 Å². The van der Waals surface area contributed by atoms with Gasteiger partial charge in [0.1, 0.15) is 23.8 Å². The number of fused-ring (bicyclic) bond motifs is 6. The molecule has 2 aliphatic carbocycles. The van der Waals surface area contributed by atoms with E-state index in [1.807, 2.05) is 49.1 Å². The highest BCUT2D eigenvalue weighted by Gasteiger charge is 2.30. The molecule has 0 spiro atoms. The van der Waals surface area contributed by atoms with E-state index in [1.165, 1.54) is 22.2 Å². The lowest BCUT2D eigenvalue weighted by Gasteiger charge is -2.14. The fourth-order valence-corrected chi connectivity index (χ4v) is 7.95. The summed E-state index contributed by atoms with van der Waals surface area (Å²) in [5.41, 5.74) is 7.25. The second kappa shape index (κ2) is 13.2. The van der Waals surface area contributed by atoms with Crippen LogP contribution >= 0.6 is 0 Å². The predicted molar refractivity (Wildman–Crippen MR) is 197 cm³/mol. The zero-order chi connectivity index (χ0) is 35.0. The summed E-state index contributed by atoms with van der Waals surface area (Å²) in [7, 11) is 0. The van der Waals surface area contributed by atoms with Crippen LogP contribution in [0.1, 0.15) is 72.9 Å². The number of hydrogen-bond donors (Lipinski definition) is 6. The summed E-state index contributed by atoms with van der Waals surface area (Å²) in [4.78, 5) is 26.1. The molecule has 2 aliphatic rings. The van der Waals surface area contributed by atoms with Crippen molar-refractivity contribution in [3.8, 4) is 12.1 Å². The molecule has 0 saturated heterocycles. The smallest absolute Gasteiger partial charge is 0.159 e. The van der Waals surface area contributed by atoms with Crippen LogP contribution in [-0.4, -0.2) is 62.4 Å². The van der Waals surface area contributed by atoms with Gasteiger partial charge >= 0.3 is 0 Å². The lowest BCUT2D eigenvalue weighted by Crippen LogP contribution is -2.16. The normalized spacial score (nSPS) is 19.8.